The zero-order valence-corrected chi connectivity index (χ0v) is 13.4. The first-order valence-corrected chi connectivity index (χ1v) is 9.89. The average molecular weight is 319 g/mol. The topological polar surface area (TPSA) is 34.1 Å². The summed E-state index contributed by atoms with van der Waals surface area (Å²) in [7, 11) is -0.920. The minimum Gasteiger partial charge on any atom is -0.299 e. The van der Waals surface area contributed by atoms with Crippen LogP contribution in [0.5, 0.6) is 0 Å². The van der Waals surface area contributed by atoms with E-state index in [-0.39, 0.29) is 11.6 Å². The summed E-state index contributed by atoms with van der Waals surface area (Å²) in [6, 6.07) is 7.67. The summed E-state index contributed by atoms with van der Waals surface area (Å²) in [5, 5.41) is 0. The molecule has 0 spiro atoms. The maximum absolute atomic E-state index is 11.0. The van der Waals surface area contributed by atoms with E-state index in [2.05, 4.69) is 0 Å². The summed E-state index contributed by atoms with van der Waals surface area (Å²) >= 11 is 10.6. The van der Waals surface area contributed by atoms with E-state index in [9.17, 15) is 9.59 Å². The Morgan fingerprint density at radius 2 is 1.17 bits per heavy atom. The van der Waals surface area contributed by atoms with Crippen molar-refractivity contribution in [2.45, 2.75) is 23.6 Å². The van der Waals surface area contributed by atoms with Gasteiger partial charge in [-0.15, -0.1) is 0 Å². The zero-order valence-electron chi connectivity index (χ0n) is 10.2. The van der Waals surface area contributed by atoms with Crippen molar-refractivity contribution >= 4 is 52.9 Å². The van der Waals surface area contributed by atoms with Gasteiger partial charge in [0.25, 0.3) is 0 Å². The fourth-order valence-corrected chi connectivity index (χ4v) is 4.89. The van der Waals surface area contributed by atoms with E-state index in [1.807, 2.05) is 24.3 Å². The van der Waals surface area contributed by atoms with Gasteiger partial charge < -0.3 is 0 Å². The smallest absolute Gasteiger partial charge is 0.140 e. The van der Waals surface area contributed by atoms with Crippen LogP contribution >= 0.6 is 0 Å². The van der Waals surface area contributed by atoms with E-state index >= 15 is 0 Å². The molecular formula is C12H14O2S4. The number of benzene rings is 1. The molecule has 18 heavy (non-hydrogen) atoms. The number of hydrogen-bond donors (Lipinski definition) is 0. The Bertz CT molecular complexity index is 458. The zero-order chi connectivity index (χ0) is 13.7. The van der Waals surface area contributed by atoms with E-state index in [4.69, 9.17) is 22.4 Å². The Morgan fingerprint density at radius 1 is 0.889 bits per heavy atom. The average Bonchev–Trinajstić information content (AvgIpc) is 2.27. The van der Waals surface area contributed by atoms with Crippen LogP contribution in [0.4, 0.5) is 0 Å². The quantitative estimate of drug-likeness (QED) is 0.800. The molecule has 0 aliphatic rings. The molecule has 2 atom stereocenters. The number of carbonyl (C=O) groups is 2. The maximum atomic E-state index is 11.0. The molecule has 0 fully saturated rings. The minimum absolute atomic E-state index is 0.108. The van der Waals surface area contributed by atoms with E-state index < -0.39 is 18.9 Å². The minimum atomic E-state index is -0.460. The molecule has 0 aliphatic heterocycles. The summed E-state index contributed by atoms with van der Waals surface area (Å²) in [6.45, 7) is 3.10. The fraction of sp³-hybridized carbons (Fsp3) is 0.333. The third-order valence-electron chi connectivity index (χ3n) is 2.02. The van der Waals surface area contributed by atoms with Crippen molar-refractivity contribution in [3.63, 3.8) is 0 Å². The number of rotatable bonds is 6. The Hall–Kier alpha value is -0.300. The van der Waals surface area contributed by atoms with E-state index in [1.165, 1.54) is 0 Å². The molecule has 1 aromatic carbocycles. The first-order valence-electron chi connectivity index (χ1n) is 5.26. The highest BCUT2D eigenvalue weighted by molar-refractivity contribution is 8.29. The summed E-state index contributed by atoms with van der Waals surface area (Å²) in [5.74, 6) is 1.03. The van der Waals surface area contributed by atoms with E-state index in [0.29, 0.717) is 11.5 Å². The molecule has 0 aliphatic carbocycles. The summed E-state index contributed by atoms with van der Waals surface area (Å²) < 4.78 is 0. The van der Waals surface area contributed by atoms with Gasteiger partial charge in [0, 0.05) is 9.79 Å². The molecule has 0 saturated heterocycles. The van der Waals surface area contributed by atoms with Crippen molar-refractivity contribution in [3.8, 4) is 0 Å². The lowest BCUT2D eigenvalue weighted by Crippen LogP contribution is -2.07. The molecule has 0 heterocycles. The normalized spacial score (nSPS) is 13.9. The molecule has 0 N–H and O–H groups in total. The highest BCUT2D eigenvalue weighted by Gasteiger charge is 2.06. The van der Waals surface area contributed by atoms with Crippen molar-refractivity contribution in [1.82, 2.24) is 0 Å². The first kappa shape index (κ1) is 15.8. The highest BCUT2D eigenvalue weighted by Crippen LogP contribution is 2.13. The van der Waals surface area contributed by atoms with E-state index in [1.54, 1.807) is 13.8 Å². The standard InChI is InChI=1S/C12H14O2S4/c1-9(13)7-17(15)11-3-5-12(6-4-11)18(16)8-10(2)14/h3-6H,7-8H2,1-2H3. The lowest BCUT2D eigenvalue weighted by Gasteiger charge is -2.06. The van der Waals surface area contributed by atoms with Crippen molar-refractivity contribution in [2.24, 2.45) is 0 Å². The molecule has 0 bridgehead atoms. The number of carbonyl (C=O) groups excluding carboxylic acids is 2. The van der Waals surface area contributed by atoms with Crippen LogP contribution in [-0.4, -0.2) is 23.1 Å². The lowest BCUT2D eigenvalue weighted by atomic mass is 10.4. The summed E-state index contributed by atoms with van der Waals surface area (Å²) in [6.07, 6.45) is 0. The van der Waals surface area contributed by atoms with Crippen LogP contribution in [0.3, 0.4) is 0 Å². The molecule has 2 unspecified atom stereocenters. The molecule has 0 radical (unpaired) electrons. The van der Waals surface area contributed by atoms with E-state index in [0.717, 1.165) is 9.79 Å². The molecule has 0 amide bonds. The van der Waals surface area contributed by atoms with Gasteiger partial charge >= 0.3 is 0 Å². The van der Waals surface area contributed by atoms with Crippen LogP contribution < -0.4 is 0 Å². The van der Waals surface area contributed by atoms with Gasteiger partial charge in [0.2, 0.25) is 0 Å². The van der Waals surface area contributed by atoms with Crippen LogP contribution in [0.1, 0.15) is 13.8 Å². The molecule has 2 nitrogen and oxygen atoms in total. The van der Waals surface area contributed by atoms with Gasteiger partial charge in [-0.05, 0) is 60.5 Å². The number of ketones is 2. The second kappa shape index (κ2) is 7.33. The van der Waals surface area contributed by atoms with Crippen molar-refractivity contribution < 1.29 is 9.59 Å². The van der Waals surface area contributed by atoms with Crippen molar-refractivity contribution in [3.05, 3.63) is 24.3 Å². The van der Waals surface area contributed by atoms with Crippen LogP contribution in [0.25, 0.3) is 0 Å². The second-order valence-corrected chi connectivity index (χ2v) is 9.17. The Balaban J connectivity index is 2.79. The number of hydrogen-bond acceptors (Lipinski definition) is 4. The highest BCUT2D eigenvalue weighted by atomic mass is 32.8. The summed E-state index contributed by atoms with van der Waals surface area (Å²) in [4.78, 5) is 24.0. The Morgan fingerprint density at radius 3 is 1.39 bits per heavy atom. The Labute approximate surface area is 121 Å². The molecule has 0 aromatic heterocycles. The number of Topliss-reactive ketones (excluding diaryl/α,β-unsaturated/α-hetero) is 2. The van der Waals surface area contributed by atoms with Gasteiger partial charge in [-0.1, -0.05) is 18.9 Å². The predicted octanol–water partition coefficient (Wildman–Crippen LogP) is 1.74. The van der Waals surface area contributed by atoms with Gasteiger partial charge in [0.15, 0.2) is 0 Å². The fourth-order valence-electron chi connectivity index (χ4n) is 1.28. The monoisotopic (exact) mass is 318 g/mol. The molecule has 1 aromatic rings. The third kappa shape index (κ3) is 5.14. The molecule has 6 heteroatoms. The summed E-state index contributed by atoms with van der Waals surface area (Å²) in [5.41, 5.74) is 0. The van der Waals surface area contributed by atoms with Gasteiger partial charge in [0.1, 0.15) is 11.6 Å². The van der Waals surface area contributed by atoms with Gasteiger partial charge in [-0.25, -0.2) is 0 Å². The second-order valence-electron chi connectivity index (χ2n) is 3.86. The maximum Gasteiger partial charge on any atom is 0.140 e. The molecule has 1 rings (SSSR count). The third-order valence-corrected chi connectivity index (χ3v) is 6.81. The van der Waals surface area contributed by atoms with Crippen molar-refractivity contribution in [1.29, 1.82) is 0 Å². The van der Waals surface area contributed by atoms with Crippen LogP contribution in [0, 0.1) is 0 Å². The largest absolute Gasteiger partial charge is 0.299 e. The van der Waals surface area contributed by atoms with Crippen LogP contribution in [-0.2, 0) is 50.9 Å². The van der Waals surface area contributed by atoms with Gasteiger partial charge in [0.05, 0.1) is 11.5 Å². The lowest BCUT2D eigenvalue weighted by molar-refractivity contribution is -0.115. The van der Waals surface area contributed by atoms with Crippen molar-refractivity contribution in [2.75, 3.05) is 11.5 Å². The molecular weight excluding hydrogens is 304 g/mol. The SMILES string of the molecule is CC(=O)CS(=S)c1ccc(S(=S)CC(C)=O)cc1. The molecule has 0 saturated carbocycles. The Kier molecular flexibility index (Phi) is 6.42. The first-order chi connectivity index (χ1) is 8.40. The van der Waals surface area contributed by atoms with Gasteiger partial charge in [-0.3, -0.25) is 9.59 Å². The predicted molar refractivity (Wildman–Crippen MR) is 83.5 cm³/mol. The molecule has 98 valence electrons. The van der Waals surface area contributed by atoms with Crippen LogP contribution in [0.2, 0.25) is 0 Å². The van der Waals surface area contributed by atoms with Crippen LogP contribution in [0.15, 0.2) is 34.1 Å². The van der Waals surface area contributed by atoms with Gasteiger partial charge in [-0.2, -0.15) is 0 Å².